The van der Waals surface area contributed by atoms with Gasteiger partial charge in [0.25, 0.3) is 5.91 Å². The van der Waals surface area contributed by atoms with Crippen LogP contribution in [0.2, 0.25) is 0 Å². The van der Waals surface area contributed by atoms with Crippen molar-refractivity contribution in [2.75, 3.05) is 12.5 Å². The third-order valence-electron chi connectivity index (χ3n) is 5.24. The summed E-state index contributed by atoms with van der Waals surface area (Å²) in [5.41, 5.74) is 1.18. The normalized spacial score (nSPS) is 11.4. The lowest BCUT2D eigenvalue weighted by molar-refractivity contribution is 0.0581. The van der Waals surface area contributed by atoms with Crippen LogP contribution in [0.4, 0.5) is 13.2 Å². The Morgan fingerprint density at radius 1 is 1.14 bits per heavy atom. The number of carbonyl (C=O) groups is 2. The van der Waals surface area contributed by atoms with E-state index in [4.69, 9.17) is 9.47 Å². The number of nitrogens with one attached hydrogen (secondary N) is 2. The minimum Gasteiger partial charge on any atom is -0.482 e. The van der Waals surface area contributed by atoms with E-state index in [1.54, 1.807) is 37.3 Å². The summed E-state index contributed by atoms with van der Waals surface area (Å²) in [6.45, 7) is 4.55. The lowest BCUT2D eigenvalue weighted by Crippen LogP contribution is -2.36. The predicted molar refractivity (Wildman–Crippen MR) is 129 cm³/mol. The zero-order valence-electron chi connectivity index (χ0n) is 20.0. The third-order valence-corrected chi connectivity index (χ3v) is 5.24. The number of pyridine rings is 1. The molecule has 37 heavy (non-hydrogen) atoms. The molecule has 2 N–H and O–H groups in total. The van der Waals surface area contributed by atoms with Crippen LogP contribution in [0.15, 0.2) is 66.1 Å². The van der Waals surface area contributed by atoms with E-state index < -0.39 is 64.2 Å². The van der Waals surface area contributed by atoms with Gasteiger partial charge >= 0.3 is 5.97 Å². The van der Waals surface area contributed by atoms with Crippen LogP contribution in [0.25, 0.3) is 0 Å². The third kappa shape index (κ3) is 6.37. The number of hydrogen-bond acceptors (Lipinski definition) is 6. The van der Waals surface area contributed by atoms with Crippen molar-refractivity contribution in [3.8, 4) is 5.75 Å². The molecule has 11 heteroatoms. The van der Waals surface area contributed by atoms with Gasteiger partial charge in [-0.1, -0.05) is 36.4 Å². The van der Waals surface area contributed by atoms with Gasteiger partial charge in [0.15, 0.2) is 5.69 Å². The van der Waals surface area contributed by atoms with Crippen molar-refractivity contribution in [3.63, 3.8) is 0 Å². The maximum atomic E-state index is 14.0. The van der Waals surface area contributed by atoms with Crippen LogP contribution in [0, 0.1) is 17.5 Å². The topological polar surface area (TPSA) is 98.7 Å². The standard InChI is InChI=1S/C26H24F3N3O5/c1-4-15(2)31-32-13-19(25(34)30-12-18-20(28)10-17(27)11-21(18)29)23(33)24(22(32)26(35)36-3)37-14-16-8-6-5-7-9-16/h4-11,13,15,31H,1,12,14H2,2-3H3,(H,30,34). The molecule has 0 aliphatic rings. The van der Waals surface area contributed by atoms with Crippen LogP contribution in [0.1, 0.15) is 38.9 Å². The molecule has 0 aliphatic heterocycles. The Balaban J connectivity index is 2.05. The van der Waals surface area contributed by atoms with Crippen molar-refractivity contribution in [3.05, 3.63) is 111 Å². The summed E-state index contributed by atoms with van der Waals surface area (Å²) in [6.07, 6.45) is 2.54. The molecule has 0 saturated carbocycles. The predicted octanol–water partition coefficient (Wildman–Crippen LogP) is 3.68. The molecule has 1 aromatic heterocycles. The fraction of sp³-hybridized carbons (Fsp3) is 0.192. The smallest absolute Gasteiger partial charge is 0.360 e. The minimum atomic E-state index is -1.20. The highest BCUT2D eigenvalue weighted by molar-refractivity contribution is 5.97. The Kier molecular flexibility index (Phi) is 8.72. The van der Waals surface area contributed by atoms with E-state index in [9.17, 15) is 27.6 Å². The van der Waals surface area contributed by atoms with Crippen LogP contribution in [-0.4, -0.2) is 29.7 Å². The van der Waals surface area contributed by atoms with E-state index in [-0.39, 0.29) is 12.3 Å². The van der Waals surface area contributed by atoms with Gasteiger partial charge in [0.1, 0.15) is 29.6 Å². The van der Waals surface area contributed by atoms with Gasteiger partial charge in [0.05, 0.1) is 13.2 Å². The molecule has 0 spiro atoms. The second-order valence-electron chi connectivity index (χ2n) is 7.87. The molecule has 8 nitrogen and oxygen atoms in total. The first-order chi connectivity index (χ1) is 17.7. The molecule has 0 aliphatic carbocycles. The summed E-state index contributed by atoms with van der Waals surface area (Å²) < 4.78 is 52.8. The number of methoxy groups -OCH3 is 1. The number of esters is 1. The Bertz CT molecular complexity index is 1350. The fourth-order valence-corrected chi connectivity index (χ4v) is 3.28. The number of benzene rings is 2. The van der Waals surface area contributed by atoms with E-state index >= 15 is 0 Å². The zero-order chi connectivity index (χ0) is 27.1. The average Bonchev–Trinajstić information content (AvgIpc) is 2.87. The van der Waals surface area contributed by atoms with Crippen LogP contribution >= 0.6 is 0 Å². The van der Waals surface area contributed by atoms with Gasteiger partial charge in [-0.2, -0.15) is 0 Å². The second kappa shape index (κ2) is 11.9. The Labute approximate surface area is 210 Å². The zero-order valence-corrected chi connectivity index (χ0v) is 20.0. The molecule has 0 radical (unpaired) electrons. The van der Waals surface area contributed by atoms with Crippen molar-refractivity contribution in [1.82, 2.24) is 9.99 Å². The Morgan fingerprint density at radius 3 is 2.38 bits per heavy atom. The summed E-state index contributed by atoms with van der Waals surface area (Å²) >= 11 is 0. The number of ether oxygens (including phenoxy) is 2. The monoisotopic (exact) mass is 515 g/mol. The number of nitrogens with zero attached hydrogens (tertiary/aromatic N) is 1. The number of halogens is 3. The van der Waals surface area contributed by atoms with Crippen LogP contribution in [-0.2, 0) is 17.9 Å². The van der Waals surface area contributed by atoms with E-state index in [1.807, 2.05) is 0 Å². The van der Waals surface area contributed by atoms with Gasteiger partial charge in [-0.05, 0) is 12.5 Å². The molecular formula is C26H24F3N3O5. The van der Waals surface area contributed by atoms with Gasteiger partial charge in [-0.15, -0.1) is 6.58 Å². The first kappa shape index (κ1) is 27.1. The maximum Gasteiger partial charge on any atom is 0.360 e. The molecule has 194 valence electrons. The summed E-state index contributed by atoms with van der Waals surface area (Å²) in [7, 11) is 1.11. The average molecular weight is 515 g/mol. The van der Waals surface area contributed by atoms with Crippen molar-refractivity contribution >= 4 is 11.9 Å². The Hall–Kier alpha value is -4.54. The van der Waals surface area contributed by atoms with Gasteiger partial charge < -0.3 is 20.2 Å². The van der Waals surface area contributed by atoms with Crippen LogP contribution in [0.5, 0.6) is 5.75 Å². The van der Waals surface area contributed by atoms with Gasteiger partial charge in [-0.25, -0.2) is 18.0 Å². The largest absolute Gasteiger partial charge is 0.482 e. The first-order valence-electron chi connectivity index (χ1n) is 11.0. The van der Waals surface area contributed by atoms with Crippen molar-refractivity contribution in [2.45, 2.75) is 26.1 Å². The number of hydrogen-bond donors (Lipinski definition) is 2. The van der Waals surface area contributed by atoms with Crippen molar-refractivity contribution in [2.24, 2.45) is 0 Å². The first-order valence-corrected chi connectivity index (χ1v) is 11.0. The fourth-order valence-electron chi connectivity index (χ4n) is 3.28. The highest BCUT2D eigenvalue weighted by Crippen LogP contribution is 2.19. The molecule has 3 rings (SSSR count). The van der Waals surface area contributed by atoms with E-state index in [0.717, 1.165) is 18.0 Å². The molecule has 0 fully saturated rings. The molecule has 0 bridgehead atoms. The summed E-state index contributed by atoms with van der Waals surface area (Å²) in [6, 6.07) is 9.26. The molecule has 2 aromatic carbocycles. The number of rotatable bonds is 10. The molecule has 1 amide bonds. The molecule has 1 atom stereocenters. The van der Waals surface area contributed by atoms with E-state index in [1.165, 1.54) is 6.08 Å². The van der Waals surface area contributed by atoms with Crippen molar-refractivity contribution < 1.29 is 32.2 Å². The van der Waals surface area contributed by atoms with Crippen LogP contribution < -0.4 is 20.9 Å². The van der Waals surface area contributed by atoms with Gasteiger partial charge in [0.2, 0.25) is 11.2 Å². The SMILES string of the molecule is C=CC(C)Nn1cc(C(=O)NCc2c(F)cc(F)cc2F)c(=O)c(OCc2ccccc2)c1C(=O)OC. The van der Waals surface area contributed by atoms with Gasteiger partial charge in [-0.3, -0.25) is 14.3 Å². The summed E-state index contributed by atoms with van der Waals surface area (Å²) in [4.78, 5) is 38.9. The second-order valence-corrected chi connectivity index (χ2v) is 7.87. The molecule has 1 unspecified atom stereocenters. The lowest BCUT2D eigenvalue weighted by Gasteiger charge is -2.21. The number of aromatic nitrogens is 1. The van der Waals surface area contributed by atoms with Gasteiger partial charge in [0, 0.05) is 30.4 Å². The maximum absolute atomic E-state index is 14.0. The minimum absolute atomic E-state index is 0.117. The van der Waals surface area contributed by atoms with Crippen LogP contribution in [0.3, 0.4) is 0 Å². The van der Waals surface area contributed by atoms with E-state index in [2.05, 4.69) is 17.3 Å². The Morgan fingerprint density at radius 2 is 1.78 bits per heavy atom. The highest BCUT2D eigenvalue weighted by atomic mass is 19.1. The quantitative estimate of drug-likeness (QED) is 0.316. The number of amides is 1. The summed E-state index contributed by atoms with van der Waals surface area (Å²) in [5.74, 6) is -5.95. The van der Waals surface area contributed by atoms with Crippen molar-refractivity contribution in [1.29, 1.82) is 0 Å². The molecular weight excluding hydrogens is 491 g/mol. The highest BCUT2D eigenvalue weighted by Gasteiger charge is 2.27. The lowest BCUT2D eigenvalue weighted by atomic mass is 10.1. The molecule has 1 heterocycles. The van der Waals surface area contributed by atoms with E-state index in [0.29, 0.717) is 17.7 Å². The summed E-state index contributed by atoms with van der Waals surface area (Å²) in [5, 5.41) is 2.24. The number of carbonyl (C=O) groups excluding carboxylic acids is 2. The molecule has 0 saturated heterocycles. The molecule has 3 aromatic rings.